The molecule has 1 aliphatic rings. The number of rotatable bonds is 1. The summed E-state index contributed by atoms with van der Waals surface area (Å²) in [5, 5.41) is 7.90. The second kappa shape index (κ2) is 1.95. The summed E-state index contributed by atoms with van der Waals surface area (Å²) in [4.78, 5) is 0. The van der Waals surface area contributed by atoms with E-state index in [9.17, 15) is 0 Å². The van der Waals surface area contributed by atoms with E-state index in [1.807, 2.05) is 0 Å². The van der Waals surface area contributed by atoms with E-state index in [4.69, 9.17) is 5.73 Å². The Hall–Kier alpha value is -0.840. The molecule has 0 aromatic heterocycles. The largest absolute Gasteiger partial charge is 0.368 e. The van der Waals surface area contributed by atoms with Crippen molar-refractivity contribution in [2.24, 2.45) is 10.8 Å². The fourth-order valence-corrected chi connectivity index (χ4v) is 0.556. The Morgan fingerprint density at radius 3 is 2.88 bits per heavy atom. The first-order chi connectivity index (χ1) is 3.83. The van der Waals surface area contributed by atoms with Crippen LogP contribution in [0, 0.1) is 0 Å². The van der Waals surface area contributed by atoms with Crippen molar-refractivity contribution in [3.05, 3.63) is 0 Å². The first-order valence-electron chi connectivity index (χ1n) is 2.13. The predicted molar refractivity (Wildman–Crippen MR) is 35.3 cm³/mol. The number of thiocarbonyl (C=S) groups is 1. The molecule has 0 radical (unpaired) electrons. The van der Waals surface area contributed by atoms with Gasteiger partial charge in [0, 0.05) is 5.37 Å². The highest BCUT2D eigenvalue weighted by Crippen LogP contribution is 1.79. The van der Waals surface area contributed by atoms with Crippen LogP contribution in [0.25, 0.3) is 0 Å². The molecule has 1 heterocycles. The van der Waals surface area contributed by atoms with Gasteiger partial charge in [0.05, 0.1) is 0 Å². The highest BCUT2D eigenvalue weighted by Gasteiger charge is 2.08. The molecule has 1 unspecified atom stereocenters. The van der Waals surface area contributed by atoms with Crippen LogP contribution in [-0.2, 0) is 0 Å². The Labute approximate surface area is 52.1 Å². The monoisotopic (exact) mass is 130 g/mol. The summed E-state index contributed by atoms with van der Waals surface area (Å²) in [5.74, 6) is 0.385. The minimum absolute atomic E-state index is 0.0648. The van der Waals surface area contributed by atoms with Gasteiger partial charge < -0.3 is 11.1 Å². The highest BCUT2D eigenvalue weighted by atomic mass is 32.1. The van der Waals surface area contributed by atoms with Crippen molar-refractivity contribution in [3.8, 4) is 0 Å². The number of hydrogen-bond donors (Lipinski definition) is 3. The maximum Gasteiger partial charge on any atom is 0.213 e. The molecule has 5 heteroatoms. The third-order valence-corrected chi connectivity index (χ3v) is 1.04. The van der Waals surface area contributed by atoms with E-state index in [0.717, 1.165) is 0 Å². The summed E-state index contributed by atoms with van der Waals surface area (Å²) >= 11 is 4.59. The first kappa shape index (κ1) is 5.30. The molecule has 0 amide bonds. The van der Waals surface area contributed by atoms with E-state index < -0.39 is 0 Å². The van der Waals surface area contributed by atoms with Gasteiger partial charge in [-0.15, -0.1) is 5.10 Å². The van der Waals surface area contributed by atoms with E-state index in [2.05, 4.69) is 28.1 Å². The maximum absolute atomic E-state index is 5.21. The first-order valence-corrected chi connectivity index (χ1v) is 2.60. The lowest BCUT2D eigenvalue weighted by atomic mass is 10.6. The molecule has 0 spiro atoms. The van der Waals surface area contributed by atoms with Crippen molar-refractivity contribution in [1.29, 1.82) is 0 Å². The van der Waals surface area contributed by atoms with Crippen molar-refractivity contribution in [3.63, 3.8) is 0 Å². The minimum atomic E-state index is -0.0648. The van der Waals surface area contributed by atoms with E-state index >= 15 is 0 Å². The molecule has 0 aromatic carbocycles. The van der Waals surface area contributed by atoms with Crippen molar-refractivity contribution < 1.29 is 0 Å². The fraction of sp³-hybridized carbons (Fsp3) is 0.333. The molecule has 1 atom stereocenters. The minimum Gasteiger partial charge on any atom is -0.368 e. The number of nitrogens with two attached hydrogens (primary N) is 1. The smallest absolute Gasteiger partial charge is 0.213 e. The Bertz CT molecular complexity index is 131. The van der Waals surface area contributed by atoms with E-state index in [-0.39, 0.29) is 6.17 Å². The maximum atomic E-state index is 5.21. The third-order valence-electron chi connectivity index (χ3n) is 0.764. The Balaban J connectivity index is 2.43. The summed E-state index contributed by atoms with van der Waals surface area (Å²) in [6, 6.07) is 0. The highest BCUT2D eigenvalue weighted by molar-refractivity contribution is 7.79. The zero-order chi connectivity index (χ0) is 5.98. The van der Waals surface area contributed by atoms with E-state index in [0.29, 0.717) is 5.96 Å². The topological polar surface area (TPSA) is 62.4 Å². The Morgan fingerprint density at radius 1 is 1.88 bits per heavy atom. The van der Waals surface area contributed by atoms with Crippen LogP contribution in [0.2, 0.25) is 0 Å². The summed E-state index contributed by atoms with van der Waals surface area (Å²) in [6.07, 6.45) is -0.0648. The average molecular weight is 130 g/mol. The second-order valence-corrected chi connectivity index (χ2v) is 1.66. The normalized spacial score (nSPS) is 25.5. The van der Waals surface area contributed by atoms with Crippen LogP contribution in [0.4, 0.5) is 0 Å². The van der Waals surface area contributed by atoms with Crippen molar-refractivity contribution in [2.45, 2.75) is 6.17 Å². The standard InChI is InChI=1S/C3H6N4S/c4-3-5-2(1-8)6-7-3/h1-2,6H,(H3,4,5,7). The number of nitrogens with zero attached hydrogens (tertiary/aromatic N) is 1. The lowest BCUT2D eigenvalue weighted by Crippen LogP contribution is -2.38. The third kappa shape index (κ3) is 0.865. The molecule has 4 nitrogen and oxygen atoms in total. The molecule has 0 fully saturated rings. The molecule has 1 aliphatic heterocycles. The zero-order valence-corrected chi connectivity index (χ0v) is 4.90. The van der Waals surface area contributed by atoms with Gasteiger partial charge in [-0.3, -0.25) is 5.43 Å². The fourth-order valence-electron chi connectivity index (χ4n) is 0.427. The van der Waals surface area contributed by atoms with Gasteiger partial charge >= 0.3 is 0 Å². The van der Waals surface area contributed by atoms with Crippen molar-refractivity contribution >= 4 is 23.5 Å². The van der Waals surface area contributed by atoms with Crippen LogP contribution < -0.4 is 16.5 Å². The molecule has 44 valence electrons. The van der Waals surface area contributed by atoms with Crippen LogP contribution in [0.3, 0.4) is 0 Å². The van der Waals surface area contributed by atoms with Crippen LogP contribution in [-0.4, -0.2) is 17.5 Å². The van der Waals surface area contributed by atoms with Gasteiger partial charge in [0.25, 0.3) is 0 Å². The number of hydrazone groups is 1. The quantitative estimate of drug-likeness (QED) is 0.387. The Morgan fingerprint density at radius 2 is 2.62 bits per heavy atom. The van der Waals surface area contributed by atoms with Gasteiger partial charge in [-0.1, -0.05) is 12.2 Å². The van der Waals surface area contributed by atoms with Crippen LogP contribution in [0.1, 0.15) is 0 Å². The number of hydrogen-bond acceptors (Lipinski definition) is 5. The predicted octanol–water partition coefficient (Wildman–Crippen LogP) is -1.27. The molecule has 0 aliphatic carbocycles. The molecule has 0 saturated carbocycles. The van der Waals surface area contributed by atoms with Crippen molar-refractivity contribution in [1.82, 2.24) is 10.7 Å². The van der Waals surface area contributed by atoms with Crippen LogP contribution in [0.5, 0.6) is 0 Å². The molecule has 8 heavy (non-hydrogen) atoms. The second-order valence-electron chi connectivity index (χ2n) is 1.38. The molecule has 1 rings (SSSR count). The van der Waals surface area contributed by atoms with Gasteiger partial charge in [0.15, 0.2) is 0 Å². The molecule has 0 bridgehead atoms. The lowest BCUT2D eigenvalue weighted by Gasteiger charge is -2.00. The molecule has 4 N–H and O–H groups in total. The zero-order valence-electron chi connectivity index (χ0n) is 4.09. The van der Waals surface area contributed by atoms with Gasteiger partial charge in [-0.2, -0.15) is 0 Å². The summed E-state index contributed by atoms with van der Waals surface area (Å²) in [5.41, 5.74) is 7.86. The SMILES string of the molecule is NC1=NNC(C=S)N1. The van der Waals surface area contributed by atoms with Gasteiger partial charge in [0.2, 0.25) is 5.96 Å². The van der Waals surface area contributed by atoms with Gasteiger partial charge in [-0.05, 0) is 0 Å². The van der Waals surface area contributed by atoms with E-state index in [1.165, 1.54) is 5.37 Å². The Kier molecular flexibility index (Phi) is 1.29. The van der Waals surface area contributed by atoms with E-state index in [1.54, 1.807) is 0 Å². The van der Waals surface area contributed by atoms with Gasteiger partial charge in [0.1, 0.15) is 6.17 Å². The molecule has 0 aromatic rings. The summed E-state index contributed by atoms with van der Waals surface area (Å²) in [6.45, 7) is 0. The van der Waals surface area contributed by atoms with Crippen LogP contribution >= 0.6 is 12.2 Å². The van der Waals surface area contributed by atoms with Crippen molar-refractivity contribution in [2.75, 3.05) is 0 Å². The molecular weight excluding hydrogens is 124 g/mol. The summed E-state index contributed by atoms with van der Waals surface area (Å²) < 4.78 is 0. The average Bonchev–Trinajstić information content (AvgIpc) is 2.14. The number of nitrogens with one attached hydrogen (secondary N) is 2. The molecular formula is C3H6N4S. The number of guanidine groups is 1. The molecule has 0 saturated heterocycles. The summed E-state index contributed by atoms with van der Waals surface area (Å²) in [7, 11) is 0. The van der Waals surface area contributed by atoms with Gasteiger partial charge in [-0.25, -0.2) is 0 Å². The lowest BCUT2D eigenvalue weighted by molar-refractivity contribution is 0.694. The van der Waals surface area contributed by atoms with Crippen LogP contribution in [0.15, 0.2) is 5.10 Å².